The maximum atomic E-state index is 12.3. The van der Waals surface area contributed by atoms with Crippen LogP contribution < -0.4 is 19.5 Å². The number of methoxy groups -OCH3 is 3. The largest absolute Gasteiger partial charge is 0.503 e. The number of carbonyl (C=O) groups is 1. The fourth-order valence-electron chi connectivity index (χ4n) is 2.60. The minimum Gasteiger partial charge on any atom is -0.503 e. The number of nitriles is 1. The molecule has 29 heavy (non-hydrogen) atoms. The van der Waals surface area contributed by atoms with Gasteiger partial charge in [-0.2, -0.15) is 5.26 Å². The monoisotopic (exact) mass is 416 g/mol. The van der Waals surface area contributed by atoms with Crippen LogP contribution in [0.5, 0.6) is 23.0 Å². The van der Waals surface area contributed by atoms with Crippen molar-refractivity contribution in [3.8, 4) is 29.1 Å². The molecule has 2 rings (SSSR count). The van der Waals surface area contributed by atoms with E-state index in [1.807, 2.05) is 18.2 Å². The molecule has 0 atom stereocenters. The molecule has 0 aliphatic carbocycles. The van der Waals surface area contributed by atoms with Crippen molar-refractivity contribution in [2.75, 3.05) is 27.9 Å². The highest BCUT2D eigenvalue weighted by atomic mass is 35.5. The molecule has 1 amide bonds. The van der Waals surface area contributed by atoms with E-state index < -0.39 is 5.91 Å². The van der Waals surface area contributed by atoms with E-state index in [0.717, 1.165) is 5.56 Å². The van der Waals surface area contributed by atoms with Gasteiger partial charge in [-0.1, -0.05) is 17.7 Å². The molecule has 7 nitrogen and oxygen atoms in total. The SMILES string of the molecule is COc1ccc(CCNC(=O)C(C#N)=Cc2cc(Cl)c(O)c(OC)c2)cc1OC. The third kappa shape index (κ3) is 5.56. The smallest absolute Gasteiger partial charge is 0.261 e. The normalized spacial score (nSPS) is 10.8. The van der Waals surface area contributed by atoms with Crippen LogP contribution >= 0.6 is 11.6 Å². The second-order valence-corrected chi connectivity index (χ2v) is 6.33. The molecule has 8 heteroatoms. The maximum Gasteiger partial charge on any atom is 0.261 e. The first-order valence-corrected chi connectivity index (χ1v) is 8.98. The molecule has 2 aromatic rings. The van der Waals surface area contributed by atoms with E-state index in [1.54, 1.807) is 20.3 Å². The Morgan fingerprint density at radius 2 is 1.83 bits per heavy atom. The van der Waals surface area contributed by atoms with Crippen molar-refractivity contribution in [1.82, 2.24) is 5.32 Å². The zero-order chi connectivity index (χ0) is 21.4. The zero-order valence-corrected chi connectivity index (χ0v) is 17.0. The van der Waals surface area contributed by atoms with Gasteiger partial charge in [0.25, 0.3) is 5.91 Å². The van der Waals surface area contributed by atoms with E-state index in [2.05, 4.69) is 5.32 Å². The van der Waals surface area contributed by atoms with Crippen LogP contribution in [0.2, 0.25) is 5.02 Å². The van der Waals surface area contributed by atoms with Crippen molar-refractivity contribution < 1.29 is 24.1 Å². The van der Waals surface area contributed by atoms with Gasteiger partial charge < -0.3 is 24.6 Å². The highest BCUT2D eigenvalue weighted by Crippen LogP contribution is 2.35. The summed E-state index contributed by atoms with van der Waals surface area (Å²) in [4.78, 5) is 12.3. The second-order valence-electron chi connectivity index (χ2n) is 5.92. The van der Waals surface area contributed by atoms with Gasteiger partial charge in [-0.25, -0.2) is 0 Å². The molecule has 0 radical (unpaired) electrons. The summed E-state index contributed by atoms with van der Waals surface area (Å²) < 4.78 is 15.5. The van der Waals surface area contributed by atoms with E-state index in [1.165, 1.54) is 25.3 Å². The Balaban J connectivity index is 2.06. The Labute approximate surface area is 174 Å². The van der Waals surface area contributed by atoms with Gasteiger partial charge in [0.05, 0.1) is 26.4 Å². The van der Waals surface area contributed by atoms with Crippen molar-refractivity contribution in [3.05, 3.63) is 52.1 Å². The number of phenolic OH excluding ortho intramolecular Hbond substituents is 1. The molecular formula is C21H21ClN2O5. The minimum atomic E-state index is -0.517. The molecule has 0 spiro atoms. The molecule has 0 heterocycles. The number of hydrogen-bond acceptors (Lipinski definition) is 6. The third-order valence-electron chi connectivity index (χ3n) is 4.09. The van der Waals surface area contributed by atoms with Gasteiger partial charge in [0.15, 0.2) is 23.0 Å². The Morgan fingerprint density at radius 1 is 1.14 bits per heavy atom. The lowest BCUT2D eigenvalue weighted by atomic mass is 10.1. The lowest BCUT2D eigenvalue weighted by Gasteiger charge is -2.10. The van der Waals surface area contributed by atoms with E-state index in [4.69, 9.17) is 25.8 Å². The molecule has 2 aromatic carbocycles. The van der Waals surface area contributed by atoms with Crippen LogP contribution in [0.1, 0.15) is 11.1 Å². The van der Waals surface area contributed by atoms with Crippen molar-refractivity contribution in [1.29, 1.82) is 5.26 Å². The van der Waals surface area contributed by atoms with Gasteiger partial charge in [-0.15, -0.1) is 0 Å². The molecule has 152 valence electrons. The summed E-state index contributed by atoms with van der Waals surface area (Å²) in [6.07, 6.45) is 1.92. The standard InChI is InChI=1S/C21H21ClN2O5/c1-27-17-5-4-13(10-18(17)28-2)6-7-24-21(26)15(12-23)8-14-9-16(22)20(25)19(11-14)29-3/h4-5,8-11,25H,6-7H2,1-3H3,(H,24,26). The number of nitrogens with zero attached hydrogens (tertiary/aromatic N) is 1. The number of aromatic hydroxyl groups is 1. The van der Waals surface area contributed by atoms with Gasteiger partial charge in [0.2, 0.25) is 0 Å². The number of rotatable bonds is 8. The van der Waals surface area contributed by atoms with Crippen LogP contribution in [0.15, 0.2) is 35.9 Å². The lowest BCUT2D eigenvalue weighted by molar-refractivity contribution is -0.117. The fourth-order valence-corrected chi connectivity index (χ4v) is 2.82. The van der Waals surface area contributed by atoms with Crippen LogP contribution in [0, 0.1) is 11.3 Å². The van der Waals surface area contributed by atoms with Crippen molar-refractivity contribution in [2.24, 2.45) is 0 Å². The molecule has 0 aliphatic rings. The Morgan fingerprint density at radius 3 is 2.45 bits per heavy atom. The summed E-state index contributed by atoms with van der Waals surface area (Å²) >= 11 is 5.94. The Bertz CT molecular complexity index is 966. The number of phenols is 1. The van der Waals surface area contributed by atoms with Gasteiger partial charge >= 0.3 is 0 Å². The van der Waals surface area contributed by atoms with Crippen LogP contribution in [0.3, 0.4) is 0 Å². The summed E-state index contributed by atoms with van der Waals surface area (Å²) in [5.41, 5.74) is 1.30. The summed E-state index contributed by atoms with van der Waals surface area (Å²) in [6.45, 7) is 0.326. The zero-order valence-electron chi connectivity index (χ0n) is 16.3. The molecule has 0 fully saturated rings. The van der Waals surface area contributed by atoms with Crippen molar-refractivity contribution >= 4 is 23.6 Å². The van der Waals surface area contributed by atoms with Crippen molar-refractivity contribution in [2.45, 2.75) is 6.42 Å². The van der Waals surface area contributed by atoms with E-state index in [0.29, 0.717) is 30.0 Å². The third-order valence-corrected chi connectivity index (χ3v) is 4.38. The molecular weight excluding hydrogens is 396 g/mol. The molecule has 0 saturated heterocycles. The molecule has 0 aliphatic heterocycles. The predicted octanol–water partition coefficient (Wildman–Crippen LogP) is 3.34. The number of carbonyl (C=O) groups excluding carboxylic acids is 1. The first kappa shape index (κ1) is 21.9. The number of amides is 1. The molecule has 2 N–H and O–H groups in total. The summed E-state index contributed by atoms with van der Waals surface area (Å²) in [5.74, 6) is 0.653. The van der Waals surface area contributed by atoms with Crippen LogP contribution in [-0.4, -0.2) is 38.9 Å². The van der Waals surface area contributed by atoms with Crippen LogP contribution in [0.25, 0.3) is 6.08 Å². The summed E-state index contributed by atoms with van der Waals surface area (Å²) in [6, 6.07) is 10.3. The molecule has 0 saturated carbocycles. The van der Waals surface area contributed by atoms with Crippen molar-refractivity contribution in [3.63, 3.8) is 0 Å². The van der Waals surface area contributed by atoms with Crippen LogP contribution in [0.4, 0.5) is 0 Å². The Hall–Kier alpha value is -3.37. The number of ether oxygens (including phenoxy) is 3. The van der Waals surface area contributed by atoms with Gasteiger partial charge in [0.1, 0.15) is 11.6 Å². The topological polar surface area (TPSA) is 101 Å². The van der Waals surface area contributed by atoms with E-state index in [-0.39, 0.29) is 22.1 Å². The lowest BCUT2D eigenvalue weighted by Crippen LogP contribution is -2.26. The fraction of sp³-hybridized carbons (Fsp3) is 0.238. The van der Waals surface area contributed by atoms with E-state index >= 15 is 0 Å². The van der Waals surface area contributed by atoms with Gasteiger partial charge in [-0.05, 0) is 47.9 Å². The summed E-state index contributed by atoms with van der Waals surface area (Å²) in [5, 5.41) is 21.9. The average molecular weight is 417 g/mol. The van der Waals surface area contributed by atoms with Gasteiger partial charge in [-0.3, -0.25) is 4.79 Å². The number of halogens is 1. The van der Waals surface area contributed by atoms with E-state index in [9.17, 15) is 15.2 Å². The highest BCUT2D eigenvalue weighted by molar-refractivity contribution is 6.32. The molecule has 0 bridgehead atoms. The number of nitrogens with one attached hydrogen (secondary N) is 1. The maximum absolute atomic E-state index is 12.3. The highest BCUT2D eigenvalue weighted by Gasteiger charge is 2.12. The quantitative estimate of drug-likeness (QED) is 0.505. The Kier molecular flexibility index (Phi) is 7.75. The number of hydrogen-bond donors (Lipinski definition) is 2. The predicted molar refractivity (Wildman–Crippen MR) is 110 cm³/mol. The first-order valence-electron chi connectivity index (χ1n) is 8.60. The molecule has 0 aromatic heterocycles. The second kappa shape index (κ2) is 10.2. The average Bonchev–Trinajstić information content (AvgIpc) is 2.73. The molecule has 0 unspecified atom stereocenters. The van der Waals surface area contributed by atoms with Gasteiger partial charge in [0, 0.05) is 6.54 Å². The minimum absolute atomic E-state index is 0.0572. The van der Waals surface area contributed by atoms with Crippen LogP contribution in [-0.2, 0) is 11.2 Å². The first-order chi connectivity index (χ1) is 13.9. The summed E-state index contributed by atoms with van der Waals surface area (Å²) in [7, 11) is 4.49. The number of benzene rings is 2.